The van der Waals surface area contributed by atoms with Crippen molar-refractivity contribution in [2.45, 2.75) is 20.8 Å². The molecule has 8 nitrogen and oxygen atoms in total. The van der Waals surface area contributed by atoms with E-state index in [9.17, 15) is 14.4 Å². The molecule has 0 aromatic heterocycles. The molecule has 0 heterocycles. The van der Waals surface area contributed by atoms with Gasteiger partial charge in [0.1, 0.15) is 0 Å². The van der Waals surface area contributed by atoms with Gasteiger partial charge in [-0.05, 0) is 42.8 Å². The van der Waals surface area contributed by atoms with Crippen molar-refractivity contribution in [1.29, 1.82) is 0 Å². The highest BCUT2D eigenvalue weighted by atomic mass is 16.5. The van der Waals surface area contributed by atoms with E-state index in [0.717, 1.165) is 5.56 Å². The van der Waals surface area contributed by atoms with Crippen molar-refractivity contribution in [3.8, 4) is 11.5 Å². The molecule has 3 amide bonds. The van der Waals surface area contributed by atoms with Crippen LogP contribution < -0.4 is 25.8 Å². The fourth-order valence-corrected chi connectivity index (χ4v) is 2.39. The average molecular weight is 399 g/mol. The molecule has 29 heavy (non-hydrogen) atoms. The molecule has 2 aromatic carbocycles. The Morgan fingerprint density at radius 1 is 1.03 bits per heavy atom. The maximum Gasteiger partial charge on any atom is 0.255 e. The van der Waals surface area contributed by atoms with E-state index < -0.39 is 5.91 Å². The van der Waals surface area contributed by atoms with Crippen LogP contribution in [0.4, 0.5) is 11.4 Å². The SMILES string of the molecule is COc1cc(C(=O)Nc2cc(NC(=O)C(C)C)ccc2C)ccc1OCC(N)=O. The summed E-state index contributed by atoms with van der Waals surface area (Å²) in [6.45, 7) is 5.16. The molecule has 0 fully saturated rings. The molecule has 0 aliphatic rings. The number of anilines is 2. The number of rotatable bonds is 8. The van der Waals surface area contributed by atoms with E-state index >= 15 is 0 Å². The minimum absolute atomic E-state index is 0.109. The molecule has 0 aliphatic heterocycles. The average Bonchev–Trinajstić information content (AvgIpc) is 2.68. The standard InChI is InChI=1S/C21H25N3O5/c1-12(2)20(26)23-15-7-5-13(3)16(10-15)24-21(27)14-6-8-17(18(9-14)28-4)29-11-19(22)25/h5-10,12H,11H2,1-4H3,(H2,22,25)(H,23,26)(H,24,27). The van der Waals surface area contributed by atoms with Gasteiger partial charge in [-0.25, -0.2) is 0 Å². The van der Waals surface area contributed by atoms with Crippen molar-refractivity contribution in [2.75, 3.05) is 24.4 Å². The summed E-state index contributed by atoms with van der Waals surface area (Å²) in [7, 11) is 1.43. The topological polar surface area (TPSA) is 120 Å². The number of amides is 3. The van der Waals surface area contributed by atoms with Crippen LogP contribution >= 0.6 is 0 Å². The van der Waals surface area contributed by atoms with Crippen molar-refractivity contribution < 1.29 is 23.9 Å². The molecule has 0 saturated carbocycles. The normalized spacial score (nSPS) is 10.4. The summed E-state index contributed by atoms with van der Waals surface area (Å²) >= 11 is 0. The lowest BCUT2D eigenvalue weighted by Crippen LogP contribution is -2.20. The molecule has 8 heteroatoms. The summed E-state index contributed by atoms with van der Waals surface area (Å²) in [5, 5.41) is 5.64. The van der Waals surface area contributed by atoms with Crippen LogP contribution in [0.1, 0.15) is 29.8 Å². The van der Waals surface area contributed by atoms with Crippen LogP contribution in [0.5, 0.6) is 11.5 Å². The molecule has 2 rings (SSSR count). The molecule has 154 valence electrons. The van der Waals surface area contributed by atoms with Gasteiger partial charge in [-0.3, -0.25) is 14.4 Å². The second-order valence-corrected chi connectivity index (χ2v) is 6.75. The van der Waals surface area contributed by atoms with E-state index in [1.807, 2.05) is 13.0 Å². The van der Waals surface area contributed by atoms with Gasteiger partial charge in [-0.1, -0.05) is 19.9 Å². The third kappa shape index (κ3) is 5.97. The number of aryl methyl sites for hydroxylation is 1. The maximum absolute atomic E-state index is 12.7. The van der Waals surface area contributed by atoms with Crippen molar-refractivity contribution in [2.24, 2.45) is 11.7 Å². The first-order valence-electron chi connectivity index (χ1n) is 9.03. The van der Waals surface area contributed by atoms with Gasteiger partial charge < -0.3 is 25.8 Å². The van der Waals surface area contributed by atoms with Gasteiger partial charge in [0.15, 0.2) is 18.1 Å². The number of ether oxygens (including phenoxy) is 2. The number of nitrogens with one attached hydrogen (secondary N) is 2. The number of hydrogen-bond donors (Lipinski definition) is 3. The first-order chi connectivity index (χ1) is 13.7. The van der Waals surface area contributed by atoms with E-state index in [0.29, 0.717) is 28.4 Å². The Labute approximate surface area is 169 Å². The second kappa shape index (κ2) is 9.59. The predicted octanol–water partition coefficient (Wildman–Crippen LogP) is 2.71. The van der Waals surface area contributed by atoms with E-state index in [4.69, 9.17) is 15.2 Å². The van der Waals surface area contributed by atoms with Crippen molar-refractivity contribution >= 4 is 29.1 Å². The summed E-state index contributed by atoms with van der Waals surface area (Å²) in [5.74, 6) is -0.639. The van der Waals surface area contributed by atoms with E-state index in [1.165, 1.54) is 19.2 Å². The van der Waals surface area contributed by atoms with Crippen LogP contribution in [-0.4, -0.2) is 31.4 Å². The Morgan fingerprint density at radius 3 is 2.38 bits per heavy atom. The maximum atomic E-state index is 12.7. The zero-order valence-electron chi connectivity index (χ0n) is 16.9. The molecule has 4 N–H and O–H groups in total. The lowest BCUT2D eigenvalue weighted by atomic mass is 10.1. The number of nitrogens with two attached hydrogens (primary N) is 1. The highest BCUT2D eigenvalue weighted by Crippen LogP contribution is 2.29. The number of carbonyl (C=O) groups is 3. The highest BCUT2D eigenvalue weighted by molar-refractivity contribution is 6.05. The smallest absolute Gasteiger partial charge is 0.255 e. The largest absolute Gasteiger partial charge is 0.493 e. The number of primary amides is 1. The summed E-state index contributed by atoms with van der Waals surface area (Å²) in [5.41, 5.74) is 7.42. The third-order valence-electron chi connectivity index (χ3n) is 4.07. The fraction of sp³-hybridized carbons (Fsp3) is 0.286. The molecular weight excluding hydrogens is 374 g/mol. The third-order valence-corrected chi connectivity index (χ3v) is 4.07. The molecule has 0 atom stereocenters. The van der Waals surface area contributed by atoms with Crippen molar-refractivity contribution in [1.82, 2.24) is 0 Å². The number of methoxy groups -OCH3 is 1. The molecule has 0 saturated heterocycles. The van der Waals surface area contributed by atoms with Crippen LogP contribution in [0.2, 0.25) is 0 Å². The Balaban J connectivity index is 2.19. The van der Waals surface area contributed by atoms with Gasteiger partial charge in [-0.2, -0.15) is 0 Å². The summed E-state index contributed by atoms with van der Waals surface area (Å²) in [6, 6.07) is 9.88. The van der Waals surface area contributed by atoms with E-state index in [2.05, 4.69) is 10.6 Å². The minimum Gasteiger partial charge on any atom is -0.493 e. The van der Waals surface area contributed by atoms with E-state index in [-0.39, 0.29) is 24.3 Å². The first kappa shape index (κ1) is 21.7. The fourth-order valence-electron chi connectivity index (χ4n) is 2.39. The van der Waals surface area contributed by atoms with Crippen molar-refractivity contribution in [3.63, 3.8) is 0 Å². The zero-order valence-corrected chi connectivity index (χ0v) is 16.9. The van der Waals surface area contributed by atoms with Crippen molar-refractivity contribution in [3.05, 3.63) is 47.5 Å². The summed E-state index contributed by atoms with van der Waals surface area (Å²) < 4.78 is 10.5. The lowest BCUT2D eigenvalue weighted by molar-refractivity contribution is -0.120. The Hall–Kier alpha value is -3.55. The van der Waals surface area contributed by atoms with Crippen LogP contribution in [-0.2, 0) is 9.59 Å². The second-order valence-electron chi connectivity index (χ2n) is 6.75. The Kier molecular flexibility index (Phi) is 7.19. The Morgan fingerprint density at radius 2 is 1.76 bits per heavy atom. The minimum atomic E-state index is -0.617. The van der Waals surface area contributed by atoms with Gasteiger partial charge >= 0.3 is 0 Å². The number of benzene rings is 2. The molecule has 0 unspecified atom stereocenters. The number of hydrogen-bond acceptors (Lipinski definition) is 5. The van der Waals surface area contributed by atoms with Gasteiger partial charge in [0.2, 0.25) is 5.91 Å². The van der Waals surface area contributed by atoms with Crippen LogP contribution in [0.25, 0.3) is 0 Å². The Bertz CT molecular complexity index is 925. The molecule has 0 radical (unpaired) electrons. The quantitative estimate of drug-likeness (QED) is 0.630. The molecule has 0 aliphatic carbocycles. The van der Waals surface area contributed by atoms with Gasteiger partial charge in [0.05, 0.1) is 7.11 Å². The van der Waals surface area contributed by atoms with Gasteiger partial charge in [0, 0.05) is 22.9 Å². The highest BCUT2D eigenvalue weighted by Gasteiger charge is 2.14. The van der Waals surface area contributed by atoms with Gasteiger partial charge in [-0.15, -0.1) is 0 Å². The van der Waals surface area contributed by atoms with Crippen LogP contribution in [0.3, 0.4) is 0 Å². The van der Waals surface area contributed by atoms with Crippen LogP contribution in [0.15, 0.2) is 36.4 Å². The summed E-state index contributed by atoms with van der Waals surface area (Å²) in [4.78, 5) is 35.5. The van der Waals surface area contributed by atoms with Crippen LogP contribution in [0, 0.1) is 12.8 Å². The monoisotopic (exact) mass is 399 g/mol. The first-order valence-corrected chi connectivity index (χ1v) is 9.03. The molecule has 0 bridgehead atoms. The van der Waals surface area contributed by atoms with Gasteiger partial charge in [0.25, 0.3) is 11.8 Å². The zero-order chi connectivity index (χ0) is 21.6. The lowest BCUT2D eigenvalue weighted by Gasteiger charge is -2.14. The molecule has 0 spiro atoms. The molecule has 2 aromatic rings. The van der Waals surface area contributed by atoms with E-state index in [1.54, 1.807) is 32.0 Å². The number of carbonyl (C=O) groups excluding carboxylic acids is 3. The predicted molar refractivity (Wildman–Crippen MR) is 110 cm³/mol. The molecular formula is C21H25N3O5. The summed E-state index contributed by atoms with van der Waals surface area (Å²) in [6.07, 6.45) is 0.